The van der Waals surface area contributed by atoms with E-state index in [0.717, 1.165) is 32.4 Å². The van der Waals surface area contributed by atoms with Gasteiger partial charge in [-0.2, -0.15) is 4.31 Å². The quantitative estimate of drug-likeness (QED) is 0.786. The molecule has 0 aliphatic rings. The number of likely N-dealkylation sites (N-methyl/N-ethyl adjacent to an activating group) is 1. The third-order valence-electron chi connectivity index (χ3n) is 2.41. The van der Waals surface area contributed by atoms with Crippen LogP contribution in [-0.2, 0) is 19.6 Å². The zero-order valence-corrected chi connectivity index (χ0v) is 11.5. The molecule has 0 aliphatic heterocycles. The van der Waals surface area contributed by atoms with Gasteiger partial charge in [0.2, 0.25) is 10.0 Å². The Hall–Kier alpha value is -2.00. The summed E-state index contributed by atoms with van der Waals surface area (Å²) < 4.78 is 42.8. The van der Waals surface area contributed by atoms with E-state index in [0.29, 0.717) is 4.31 Å². The number of rotatable bonds is 5. The van der Waals surface area contributed by atoms with Crippen molar-refractivity contribution in [3.63, 3.8) is 0 Å². The van der Waals surface area contributed by atoms with E-state index in [9.17, 15) is 22.4 Å². The van der Waals surface area contributed by atoms with Gasteiger partial charge in [-0.15, -0.1) is 0 Å². The molecular weight excluding hydrogens is 293 g/mol. The highest BCUT2D eigenvalue weighted by molar-refractivity contribution is 7.89. The Bertz CT molecular complexity index is 642. The van der Waals surface area contributed by atoms with E-state index in [1.54, 1.807) is 0 Å². The molecule has 0 amide bonds. The Labute approximate surface area is 114 Å². The summed E-state index contributed by atoms with van der Waals surface area (Å²) in [6.45, 7) is -0.820. The number of hydrogen-bond donors (Lipinski definition) is 1. The highest BCUT2D eigenvalue weighted by atomic mass is 32.2. The molecule has 20 heavy (non-hydrogen) atoms. The van der Waals surface area contributed by atoms with Crippen molar-refractivity contribution in [1.82, 2.24) is 4.31 Å². The van der Waals surface area contributed by atoms with Crippen LogP contribution in [0.4, 0.5) is 4.39 Å². The van der Waals surface area contributed by atoms with Crippen LogP contribution < -0.4 is 0 Å². The van der Waals surface area contributed by atoms with Gasteiger partial charge in [-0.1, -0.05) is 6.07 Å². The summed E-state index contributed by atoms with van der Waals surface area (Å²) in [5.41, 5.74) is -0.757. The van der Waals surface area contributed by atoms with Crippen LogP contribution in [0.15, 0.2) is 23.1 Å². The van der Waals surface area contributed by atoms with Gasteiger partial charge >= 0.3 is 11.9 Å². The van der Waals surface area contributed by atoms with Crippen molar-refractivity contribution in [3.05, 3.63) is 29.6 Å². The largest absolute Gasteiger partial charge is 0.480 e. The second kappa shape index (κ2) is 5.97. The molecule has 110 valence electrons. The Kier molecular flexibility index (Phi) is 4.79. The van der Waals surface area contributed by atoms with Crippen LogP contribution in [0.25, 0.3) is 0 Å². The van der Waals surface area contributed by atoms with Crippen LogP contribution in [0.2, 0.25) is 0 Å². The number of benzene rings is 1. The van der Waals surface area contributed by atoms with E-state index >= 15 is 0 Å². The summed E-state index contributed by atoms with van der Waals surface area (Å²) in [6, 6.07) is 3.01. The molecule has 0 fully saturated rings. The normalized spacial score (nSPS) is 11.4. The summed E-state index contributed by atoms with van der Waals surface area (Å²) in [5.74, 6) is -3.61. The van der Waals surface area contributed by atoms with E-state index < -0.39 is 44.8 Å². The number of carbonyl (C=O) groups is 2. The lowest BCUT2D eigenvalue weighted by Gasteiger charge is -2.17. The third kappa shape index (κ3) is 3.11. The number of halogens is 1. The van der Waals surface area contributed by atoms with Gasteiger partial charge < -0.3 is 9.84 Å². The highest BCUT2D eigenvalue weighted by Crippen LogP contribution is 2.22. The summed E-state index contributed by atoms with van der Waals surface area (Å²) in [5, 5.41) is 8.60. The lowest BCUT2D eigenvalue weighted by atomic mass is 10.2. The van der Waals surface area contributed by atoms with Crippen molar-refractivity contribution >= 4 is 22.0 Å². The van der Waals surface area contributed by atoms with Crippen LogP contribution in [0.5, 0.6) is 0 Å². The molecule has 7 nitrogen and oxygen atoms in total. The number of esters is 1. The molecule has 1 N–H and O–H groups in total. The first-order valence-corrected chi connectivity index (χ1v) is 6.70. The van der Waals surface area contributed by atoms with Crippen molar-refractivity contribution in [3.8, 4) is 0 Å². The van der Waals surface area contributed by atoms with E-state index in [1.807, 2.05) is 0 Å². The fourth-order valence-electron chi connectivity index (χ4n) is 1.46. The first-order chi connectivity index (χ1) is 9.21. The van der Waals surface area contributed by atoms with E-state index in [4.69, 9.17) is 5.11 Å². The lowest BCUT2D eigenvalue weighted by Crippen LogP contribution is -2.33. The number of methoxy groups -OCH3 is 1. The van der Waals surface area contributed by atoms with E-state index in [2.05, 4.69) is 4.74 Å². The predicted molar refractivity (Wildman–Crippen MR) is 65.2 cm³/mol. The molecule has 0 saturated heterocycles. The van der Waals surface area contributed by atoms with Crippen molar-refractivity contribution in [2.75, 3.05) is 20.7 Å². The number of nitrogens with zero attached hydrogens (tertiary/aromatic N) is 1. The summed E-state index contributed by atoms with van der Waals surface area (Å²) in [6.07, 6.45) is 0. The average Bonchev–Trinajstić information content (AvgIpc) is 2.36. The molecule has 1 aromatic rings. The molecule has 0 heterocycles. The molecule has 1 rings (SSSR count). The first-order valence-electron chi connectivity index (χ1n) is 5.26. The number of carbonyl (C=O) groups excluding carboxylic acids is 1. The molecule has 1 aromatic carbocycles. The van der Waals surface area contributed by atoms with Gasteiger partial charge in [-0.3, -0.25) is 4.79 Å². The van der Waals surface area contributed by atoms with Crippen molar-refractivity contribution in [2.45, 2.75) is 4.90 Å². The summed E-state index contributed by atoms with van der Waals surface area (Å²) in [4.78, 5) is 21.4. The maximum Gasteiger partial charge on any atom is 0.342 e. The second-order valence-electron chi connectivity index (χ2n) is 3.76. The highest BCUT2D eigenvalue weighted by Gasteiger charge is 2.30. The Balaban J connectivity index is 3.43. The molecular formula is C11H12FNO6S. The van der Waals surface area contributed by atoms with Crippen LogP contribution in [0.3, 0.4) is 0 Å². The maximum absolute atomic E-state index is 13.6. The standard InChI is InChI=1S/C11H12FNO6S/c1-13(6-9(14)15)20(17,18)8-5-3-4-7(12)10(8)11(16)19-2/h3-5H,6H2,1-2H3,(H,14,15). The van der Waals surface area contributed by atoms with Crippen molar-refractivity contribution in [2.24, 2.45) is 0 Å². The second-order valence-corrected chi connectivity index (χ2v) is 5.77. The zero-order valence-electron chi connectivity index (χ0n) is 10.7. The molecule has 0 aromatic heterocycles. The number of ether oxygens (including phenoxy) is 1. The van der Waals surface area contributed by atoms with E-state index in [1.165, 1.54) is 0 Å². The van der Waals surface area contributed by atoms with Gasteiger partial charge in [0.25, 0.3) is 0 Å². The predicted octanol–water partition coefficient (Wildman–Crippen LogP) is 0.317. The number of sulfonamides is 1. The smallest absolute Gasteiger partial charge is 0.342 e. The molecule has 0 spiro atoms. The third-order valence-corrected chi connectivity index (χ3v) is 4.26. The Morgan fingerprint density at radius 1 is 1.40 bits per heavy atom. The van der Waals surface area contributed by atoms with Gasteiger partial charge in [0, 0.05) is 7.05 Å². The average molecular weight is 305 g/mol. The molecule has 0 radical (unpaired) electrons. The van der Waals surface area contributed by atoms with Crippen LogP contribution >= 0.6 is 0 Å². The first kappa shape index (κ1) is 16.1. The minimum absolute atomic E-state index is 0.497. The molecule has 0 bridgehead atoms. The number of carboxylic acid groups (broad SMARTS) is 1. The van der Waals surface area contributed by atoms with Crippen LogP contribution in [0.1, 0.15) is 10.4 Å². The maximum atomic E-state index is 13.6. The number of hydrogen-bond acceptors (Lipinski definition) is 5. The fourth-order valence-corrected chi connectivity index (χ4v) is 2.77. The summed E-state index contributed by atoms with van der Waals surface area (Å²) >= 11 is 0. The SMILES string of the molecule is COC(=O)c1c(F)cccc1S(=O)(=O)N(C)CC(=O)O. The van der Waals surface area contributed by atoms with Gasteiger partial charge in [-0.25, -0.2) is 17.6 Å². The van der Waals surface area contributed by atoms with Gasteiger partial charge in [0.1, 0.15) is 17.9 Å². The van der Waals surface area contributed by atoms with Crippen LogP contribution in [0, 0.1) is 5.82 Å². The van der Waals surface area contributed by atoms with Gasteiger partial charge in [0.15, 0.2) is 0 Å². The minimum atomic E-state index is -4.33. The monoisotopic (exact) mass is 305 g/mol. The topological polar surface area (TPSA) is 101 Å². The number of carboxylic acids is 1. The minimum Gasteiger partial charge on any atom is -0.480 e. The number of aliphatic carboxylic acids is 1. The van der Waals surface area contributed by atoms with E-state index in [-0.39, 0.29) is 0 Å². The fraction of sp³-hybridized carbons (Fsp3) is 0.273. The van der Waals surface area contributed by atoms with Crippen molar-refractivity contribution < 1.29 is 32.2 Å². The van der Waals surface area contributed by atoms with Crippen molar-refractivity contribution in [1.29, 1.82) is 0 Å². The molecule has 0 aliphatic carbocycles. The van der Waals surface area contributed by atoms with Gasteiger partial charge in [-0.05, 0) is 12.1 Å². The molecule has 0 unspecified atom stereocenters. The van der Waals surface area contributed by atoms with Crippen LogP contribution in [-0.4, -0.2) is 50.5 Å². The molecule has 9 heteroatoms. The lowest BCUT2D eigenvalue weighted by molar-refractivity contribution is -0.137. The Morgan fingerprint density at radius 2 is 2.00 bits per heavy atom. The van der Waals surface area contributed by atoms with Gasteiger partial charge in [0.05, 0.1) is 12.0 Å². The zero-order chi connectivity index (χ0) is 15.5. The molecule has 0 saturated carbocycles. The molecule has 0 atom stereocenters. The Morgan fingerprint density at radius 3 is 2.50 bits per heavy atom. The summed E-state index contributed by atoms with van der Waals surface area (Å²) in [7, 11) is -2.34.